The molecule has 0 spiro atoms. The number of hydrogen-bond donors (Lipinski definition) is 3. The number of aromatic carboxylic acids is 1. The van der Waals surface area contributed by atoms with Crippen LogP contribution in [0.2, 0.25) is 0 Å². The second-order valence-electron chi connectivity index (χ2n) is 22.7. The van der Waals surface area contributed by atoms with Crippen LogP contribution in [0.25, 0.3) is 22.3 Å². The molecule has 2 fully saturated rings. The van der Waals surface area contributed by atoms with E-state index in [-0.39, 0.29) is 96.6 Å². The van der Waals surface area contributed by atoms with E-state index in [4.69, 9.17) is 11.5 Å². The number of halogens is 6. The van der Waals surface area contributed by atoms with Gasteiger partial charge in [0.25, 0.3) is 11.8 Å². The molecular weight excluding hydrogens is 1120 g/mol. The summed E-state index contributed by atoms with van der Waals surface area (Å²) in [5.41, 5.74) is 17.3. The number of benzene rings is 4. The summed E-state index contributed by atoms with van der Waals surface area (Å²) in [5, 5.41) is 18.6. The fourth-order valence-corrected chi connectivity index (χ4v) is 13.6. The van der Waals surface area contributed by atoms with Gasteiger partial charge in [0.1, 0.15) is 40.6 Å². The van der Waals surface area contributed by atoms with Gasteiger partial charge in [0.05, 0.1) is 35.6 Å². The van der Waals surface area contributed by atoms with Crippen molar-refractivity contribution in [2.75, 3.05) is 0 Å². The number of carboxylic acids is 1. The standard InChI is InChI=1S/C33H29F3N4O3.C32H27F3N4O4/c1-17(41)30-29-20-4-5-21(12-20)32(29)40(39-30)16-25(42)13-22(9-18-10-23(34)15-24(35)11-18)31-26(3-2-8-38-31)19-6-7-28(36)27(14-19)33(37)43;33-21-9-16(10-22(34)14-21)8-20(28-24(2-1-7-37-28)17-5-6-26(35)25(13-17)31(36)41)12-23(40)15-39-30-19-4-3-18(11-19)27(30)29(38-39)32(42)43/h2-3,6-8,10-11,14-15,20-22H,4-5,9,12-13,16H2,1H3,(H2,37,43);1-2,5-7,9-10,13-14,18-20H,3-4,8,11-12,15H2,(H2,36,41)(H,42,43)/t20?,21?,22-;18?,19?,20-/m11/s1. The minimum Gasteiger partial charge on any atom is -0.476 e. The van der Waals surface area contributed by atoms with Crippen LogP contribution < -0.4 is 11.5 Å². The molecule has 0 saturated heterocycles. The lowest BCUT2D eigenvalue weighted by atomic mass is 9.86. The third kappa shape index (κ3) is 11.9. The van der Waals surface area contributed by atoms with Crippen molar-refractivity contribution in [1.29, 1.82) is 0 Å². The lowest BCUT2D eigenvalue weighted by Gasteiger charge is -2.20. The Hall–Kier alpha value is -9.40. The lowest BCUT2D eigenvalue weighted by Crippen LogP contribution is -2.19. The number of primary amides is 2. The summed E-state index contributed by atoms with van der Waals surface area (Å²) in [6, 6.07) is 20.8. The van der Waals surface area contributed by atoms with Crippen molar-refractivity contribution in [3.8, 4) is 22.3 Å². The van der Waals surface area contributed by atoms with E-state index >= 15 is 0 Å². The third-order valence-corrected chi connectivity index (χ3v) is 17.0. The smallest absolute Gasteiger partial charge is 0.356 e. The Balaban J connectivity index is 0.000000179. The van der Waals surface area contributed by atoms with E-state index < -0.39 is 64.5 Å². The zero-order valence-electron chi connectivity index (χ0n) is 46.3. The number of Topliss-reactive ketones (excluding diaryl/α,β-unsaturated/α-hetero) is 3. The van der Waals surface area contributed by atoms with Gasteiger partial charge in [-0.05, 0) is 146 Å². The highest BCUT2D eigenvalue weighted by molar-refractivity contribution is 5.96. The number of nitrogens with zero attached hydrogens (tertiary/aromatic N) is 6. The number of ketones is 3. The Kier molecular flexibility index (Phi) is 16.2. The number of rotatable bonds is 20. The van der Waals surface area contributed by atoms with Gasteiger partial charge >= 0.3 is 5.97 Å². The molecule has 4 aliphatic carbocycles. The van der Waals surface area contributed by atoms with E-state index in [0.717, 1.165) is 85.3 Å². The number of fused-ring (bicyclic) bond motifs is 10. The average Bonchev–Trinajstić information content (AvgIpc) is 1.73. The van der Waals surface area contributed by atoms with Crippen LogP contribution in [0.1, 0.15) is 181 Å². The first-order chi connectivity index (χ1) is 41.2. The molecule has 0 radical (unpaired) electrons. The van der Waals surface area contributed by atoms with E-state index in [1.165, 1.54) is 72.5 Å². The van der Waals surface area contributed by atoms with Gasteiger partial charge in [-0.3, -0.25) is 43.3 Å². The number of carboxylic acid groups (broad SMARTS) is 1. The summed E-state index contributed by atoms with van der Waals surface area (Å²) in [6.45, 7) is 1.26. The molecule has 6 atom stereocenters. The summed E-state index contributed by atoms with van der Waals surface area (Å²) in [7, 11) is 0. The molecule has 0 aliphatic heterocycles. The molecule has 15 nitrogen and oxygen atoms in total. The number of nitrogens with two attached hydrogens (primary N) is 2. The van der Waals surface area contributed by atoms with Crippen LogP contribution in [-0.4, -0.2) is 69.8 Å². The Morgan fingerprint density at radius 2 is 0.942 bits per heavy atom. The highest BCUT2D eigenvalue weighted by Gasteiger charge is 2.45. The highest BCUT2D eigenvalue weighted by Crippen LogP contribution is 2.55. The molecule has 21 heteroatoms. The zero-order chi connectivity index (χ0) is 60.8. The fourth-order valence-electron chi connectivity index (χ4n) is 13.6. The molecule has 4 heterocycles. The van der Waals surface area contributed by atoms with Gasteiger partial charge in [-0.2, -0.15) is 10.2 Å². The second-order valence-corrected chi connectivity index (χ2v) is 22.7. The summed E-state index contributed by atoms with van der Waals surface area (Å²) < 4.78 is 88.3. The predicted molar refractivity (Wildman–Crippen MR) is 301 cm³/mol. The predicted octanol–water partition coefficient (Wildman–Crippen LogP) is 11.5. The molecule has 4 unspecified atom stereocenters. The quantitative estimate of drug-likeness (QED) is 0.0479. The maximum atomic E-state index is 14.3. The summed E-state index contributed by atoms with van der Waals surface area (Å²) in [6.07, 6.45) is 8.61. The molecule has 2 saturated carbocycles. The van der Waals surface area contributed by atoms with Crippen molar-refractivity contribution in [2.45, 2.75) is 120 Å². The molecule has 4 bridgehead atoms. The molecule has 4 aromatic carbocycles. The van der Waals surface area contributed by atoms with E-state index in [1.54, 1.807) is 28.9 Å². The Bertz CT molecular complexity index is 3790. The van der Waals surface area contributed by atoms with Gasteiger partial charge in [-0.15, -0.1) is 0 Å². The van der Waals surface area contributed by atoms with Crippen LogP contribution in [-0.2, 0) is 35.5 Å². The average molecular weight is 1180 g/mol. The SMILES string of the molecule is CC(=O)c1nn(CC(=O)C[C@@H](Cc2cc(F)cc(F)c2)c2ncccc2-c2ccc(F)c(C(N)=O)c2)c2c1C1CCC2C1.NC(=O)c1cc(-c2cccnc2[C@@H](CC(=O)Cn2nc(C(=O)O)c3c2C2CCC3C2)Cc2cc(F)cc(F)c2)ccc1F. The normalized spacial score (nSPS) is 17.6. The molecule has 86 heavy (non-hydrogen) atoms. The molecule has 5 N–H and O–H groups in total. The van der Waals surface area contributed by atoms with E-state index in [9.17, 15) is 60.2 Å². The Morgan fingerprint density at radius 1 is 0.547 bits per heavy atom. The minimum absolute atomic E-state index is 0.0182. The summed E-state index contributed by atoms with van der Waals surface area (Å²) in [5.74, 6) is -8.70. The maximum Gasteiger partial charge on any atom is 0.356 e. The van der Waals surface area contributed by atoms with Gasteiger partial charge < -0.3 is 16.6 Å². The lowest BCUT2D eigenvalue weighted by molar-refractivity contribution is -0.121. The highest BCUT2D eigenvalue weighted by atomic mass is 19.2. The van der Waals surface area contributed by atoms with Crippen molar-refractivity contribution in [3.05, 3.63) is 212 Å². The van der Waals surface area contributed by atoms with Crippen LogP contribution in [0, 0.1) is 34.9 Å². The number of carbonyl (C=O) groups excluding carboxylic acids is 5. The molecule has 440 valence electrons. The molecule has 12 rings (SSSR count). The van der Waals surface area contributed by atoms with Crippen molar-refractivity contribution >= 4 is 35.1 Å². The Labute approximate surface area is 488 Å². The maximum absolute atomic E-state index is 14.3. The summed E-state index contributed by atoms with van der Waals surface area (Å²) >= 11 is 0. The first kappa shape index (κ1) is 58.4. The molecule has 2 amide bonds. The van der Waals surface area contributed by atoms with Crippen LogP contribution in [0.3, 0.4) is 0 Å². The topological polar surface area (TPSA) is 236 Å². The van der Waals surface area contributed by atoms with Gasteiger partial charge in [0, 0.05) is 102 Å². The van der Waals surface area contributed by atoms with Gasteiger partial charge in [-0.1, -0.05) is 24.3 Å². The van der Waals surface area contributed by atoms with Crippen LogP contribution >= 0.6 is 0 Å². The largest absolute Gasteiger partial charge is 0.476 e. The van der Waals surface area contributed by atoms with Crippen molar-refractivity contribution in [1.82, 2.24) is 29.5 Å². The number of hydrogen-bond acceptors (Lipinski definition) is 10. The number of pyridine rings is 2. The second kappa shape index (κ2) is 23.9. The number of amides is 2. The molecule has 8 aromatic rings. The first-order valence-electron chi connectivity index (χ1n) is 28.2. The fraction of sp³-hybridized carbons (Fsp3) is 0.292. The van der Waals surface area contributed by atoms with Crippen LogP contribution in [0.15, 0.2) is 109 Å². The van der Waals surface area contributed by atoms with E-state index in [0.29, 0.717) is 50.5 Å². The molecule has 4 aromatic heterocycles. The van der Waals surface area contributed by atoms with Crippen LogP contribution in [0.5, 0.6) is 0 Å². The zero-order valence-corrected chi connectivity index (χ0v) is 46.3. The van der Waals surface area contributed by atoms with Gasteiger partial charge in [-0.25, -0.2) is 31.1 Å². The minimum atomic E-state index is -1.13. The monoisotopic (exact) mass is 1170 g/mol. The number of carbonyl (C=O) groups is 6. The van der Waals surface area contributed by atoms with E-state index in [2.05, 4.69) is 20.2 Å². The van der Waals surface area contributed by atoms with E-state index in [1.807, 2.05) is 0 Å². The first-order valence-corrected chi connectivity index (χ1v) is 28.2. The number of aromatic nitrogens is 6. The molecular formula is C65H56F6N8O7. The summed E-state index contributed by atoms with van der Waals surface area (Å²) in [4.78, 5) is 84.4. The third-order valence-electron chi connectivity index (χ3n) is 17.0. The van der Waals surface area contributed by atoms with Crippen molar-refractivity contribution in [2.24, 2.45) is 11.5 Å². The van der Waals surface area contributed by atoms with Gasteiger partial charge in [0.2, 0.25) is 0 Å². The van der Waals surface area contributed by atoms with Gasteiger partial charge in [0.15, 0.2) is 23.0 Å². The van der Waals surface area contributed by atoms with Crippen LogP contribution in [0.4, 0.5) is 26.3 Å². The van der Waals surface area contributed by atoms with Crippen molar-refractivity contribution in [3.63, 3.8) is 0 Å². The Morgan fingerprint density at radius 3 is 1.34 bits per heavy atom. The molecule has 4 aliphatic rings. The van der Waals surface area contributed by atoms with Crippen molar-refractivity contribution < 1.29 is 60.2 Å².